The molecule has 0 aliphatic carbocycles. The number of nitrogens with zero attached hydrogens (tertiary/aromatic N) is 1. The van der Waals surface area contributed by atoms with Gasteiger partial charge in [-0.1, -0.05) is 31.2 Å². The summed E-state index contributed by atoms with van der Waals surface area (Å²) in [7, 11) is 4.17. The number of aliphatic hydroxyl groups is 1. The van der Waals surface area contributed by atoms with Crippen molar-refractivity contribution in [1.29, 1.82) is 0 Å². The van der Waals surface area contributed by atoms with E-state index in [1.165, 1.54) is 0 Å². The van der Waals surface area contributed by atoms with Crippen LogP contribution in [0.3, 0.4) is 0 Å². The molecule has 0 aromatic heterocycles. The number of aliphatic hydroxyl groups excluding tert-OH is 1. The number of rotatable bonds is 7. The summed E-state index contributed by atoms with van der Waals surface area (Å²) in [6.45, 7) is 9.02. The van der Waals surface area contributed by atoms with Gasteiger partial charge in [0.1, 0.15) is 0 Å². The second-order valence-corrected chi connectivity index (χ2v) is 4.44. The highest BCUT2D eigenvalue weighted by atomic mass is 16.3. The highest BCUT2D eigenvalue weighted by Gasteiger charge is 2.08. The first kappa shape index (κ1) is 15.0. The largest absolute Gasteiger partial charge is 0.513 e. The van der Waals surface area contributed by atoms with E-state index in [0.717, 1.165) is 25.0 Å². The van der Waals surface area contributed by atoms with Crippen molar-refractivity contribution in [3.8, 4) is 0 Å². The maximum Gasteiger partial charge on any atom is 0.0891 e. The lowest BCUT2D eigenvalue weighted by atomic mass is 9.93. The van der Waals surface area contributed by atoms with Crippen molar-refractivity contribution in [3.05, 3.63) is 36.1 Å². The van der Waals surface area contributed by atoms with Gasteiger partial charge in [0, 0.05) is 0 Å². The summed E-state index contributed by atoms with van der Waals surface area (Å²) in [6, 6.07) is 0. The van der Waals surface area contributed by atoms with Crippen molar-refractivity contribution in [2.24, 2.45) is 5.92 Å². The van der Waals surface area contributed by atoms with E-state index in [2.05, 4.69) is 32.5 Å². The summed E-state index contributed by atoms with van der Waals surface area (Å²) < 4.78 is 0. The molecule has 0 radical (unpaired) electrons. The molecule has 0 rings (SSSR count). The van der Waals surface area contributed by atoms with E-state index in [9.17, 15) is 0 Å². The first-order chi connectivity index (χ1) is 7.47. The van der Waals surface area contributed by atoms with Gasteiger partial charge >= 0.3 is 0 Å². The second-order valence-electron chi connectivity index (χ2n) is 4.44. The molecule has 1 N–H and O–H groups in total. The Labute approximate surface area is 100.0 Å². The van der Waals surface area contributed by atoms with Crippen molar-refractivity contribution < 1.29 is 5.11 Å². The Morgan fingerprint density at radius 3 is 2.50 bits per heavy atom. The third-order valence-corrected chi connectivity index (χ3v) is 2.59. The van der Waals surface area contributed by atoms with Crippen LogP contribution in [0.4, 0.5) is 0 Å². The summed E-state index contributed by atoms with van der Waals surface area (Å²) in [6.07, 6.45) is 7.77. The van der Waals surface area contributed by atoms with Crippen molar-refractivity contribution in [3.63, 3.8) is 0 Å². The lowest BCUT2D eigenvalue weighted by Crippen LogP contribution is -2.16. The molecule has 0 fully saturated rings. The van der Waals surface area contributed by atoms with Gasteiger partial charge in [-0.3, -0.25) is 0 Å². The number of allylic oxidation sites excluding steroid dienone is 5. The Hall–Kier alpha value is -1.02. The van der Waals surface area contributed by atoms with Crippen molar-refractivity contribution in [2.75, 3.05) is 20.6 Å². The predicted octanol–water partition coefficient (Wildman–Crippen LogP) is 3.54. The van der Waals surface area contributed by atoms with Gasteiger partial charge in [0.05, 0.1) is 5.76 Å². The van der Waals surface area contributed by atoms with E-state index in [-0.39, 0.29) is 0 Å². The van der Waals surface area contributed by atoms with E-state index in [0.29, 0.717) is 11.7 Å². The molecule has 2 nitrogen and oxygen atoms in total. The summed E-state index contributed by atoms with van der Waals surface area (Å²) in [5, 5.41) is 9.01. The van der Waals surface area contributed by atoms with Gasteiger partial charge in [-0.2, -0.15) is 0 Å². The maximum atomic E-state index is 9.01. The summed E-state index contributed by atoms with van der Waals surface area (Å²) in [5.74, 6) is 0.858. The topological polar surface area (TPSA) is 23.5 Å². The molecule has 0 saturated heterocycles. The Balaban J connectivity index is 4.20. The van der Waals surface area contributed by atoms with E-state index in [4.69, 9.17) is 5.11 Å². The van der Waals surface area contributed by atoms with Gasteiger partial charge in [0.2, 0.25) is 0 Å². The van der Waals surface area contributed by atoms with Gasteiger partial charge in [-0.25, -0.2) is 0 Å². The Morgan fingerprint density at radius 2 is 2.06 bits per heavy atom. The molecule has 0 aromatic rings. The Kier molecular flexibility index (Phi) is 7.65. The van der Waals surface area contributed by atoms with Gasteiger partial charge in [-0.05, 0) is 52.4 Å². The molecule has 0 amide bonds. The van der Waals surface area contributed by atoms with Gasteiger partial charge in [0.15, 0.2) is 0 Å². The van der Waals surface area contributed by atoms with E-state index in [1.807, 2.05) is 12.2 Å². The molecular formula is C14H25NO. The number of hydrogen-bond donors (Lipinski definition) is 1. The van der Waals surface area contributed by atoms with Crippen molar-refractivity contribution >= 4 is 0 Å². The van der Waals surface area contributed by atoms with Crippen LogP contribution in [-0.4, -0.2) is 30.6 Å². The zero-order valence-corrected chi connectivity index (χ0v) is 11.0. The van der Waals surface area contributed by atoms with Crippen LogP contribution in [0.2, 0.25) is 0 Å². The molecule has 0 bridgehead atoms. The lowest BCUT2D eigenvalue weighted by Gasteiger charge is -2.18. The minimum atomic E-state index is 0.324. The highest BCUT2D eigenvalue weighted by Crippen LogP contribution is 2.19. The fourth-order valence-corrected chi connectivity index (χ4v) is 1.51. The SMILES string of the molecule is C=C(/C=C\C=C(/C)O)C(CC)CCN(C)C. The zero-order valence-electron chi connectivity index (χ0n) is 11.0. The van der Waals surface area contributed by atoms with Crippen LogP contribution in [0.1, 0.15) is 26.7 Å². The average molecular weight is 223 g/mol. The predicted molar refractivity (Wildman–Crippen MR) is 71.6 cm³/mol. The maximum absolute atomic E-state index is 9.01. The smallest absolute Gasteiger partial charge is 0.0891 e. The molecule has 0 spiro atoms. The first-order valence-corrected chi connectivity index (χ1v) is 5.84. The molecule has 16 heavy (non-hydrogen) atoms. The molecule has 1 unspecified atom stereocenters. The molecular weight excluding hydrogens is 198 g/mol. The van der Waals surface area contributed by atoms with Gasteiger partial charge in [0.25, 0.3) is 0 Å². The third-order valence-electron chi connectivity index (χ3n) is 2.59. The fourth-order valence-electron chi connectivity index (χ4n) is 1.51. The minimum Gasteiger partial charge on any atom is -0.513 e. The monoisotopic (exact) mass is 223 g/mol. The second kappa shape index (κ2) is 8.17. The van der Waals surface area contributed by atoms with Crippen LogP contribution in [0, 0.1) is 5.92 Å². The van der Waals surface area contributed by atoms with Crippen LogP contribution >= 0.6 is 0 Å². The van der Waals surface area contributed by atoms with Crippen LogP contribution in [0.5, 0.6) is 0 Å². The van der Waals surface area contributed by atoms with E-state index < -0.39 is 0 Å². The van der Waals surface area contributed by atoms with Crippen molar-refractivity contribution in [2.45, 2.75) is 26.7 Å². The molecule has 0 aliphatic rings. The first-order valence-electron chi connectivity index (χ1n) is 5.84. The summed E-state index contributed by atoms with van der Waals surface area (Å²) in [4.78, 5) is 2.19. The van der Waals surface area contributed by atoms with Crippen LogP contribution in [0.25, 0.3) is 0 Å². The molecule has 0 aliphatic heterocycles. The Morgan fingerprint density at radius 1 is 1.44 bits per heavy atom. The molecule has 92 valence electrons. The number of hydrogen-bond acceptors (Lipinski definition) is 2. The standard InChI is InChI=1S/C14H25NO/c1-6-14(10-11-15(4)5)12(2)8-7-9-13(3)16/h7-9,14,16H,2,6,10-11H2,1,3-5H3/b8-7-,13-9+. The van der Waals surface area contributed by atoms with Crippen LogP contribution < -0.4 is 0 Å². The summed E-state index contributed by atoms with van der Waals surface area (Å²) in [5.41, 5.74) is 1.14. The summed E-state index contributed by atoms with van der Waals surface area (Å²) >= 11 is 0. The third kappa shape index (κ3) is 7.30. The van der Waals surface area contributed by atoms with E-state index in [1.54, 1.807) is 13.0 Å². The molecule has 0 heterocycles. The van der Waals surface area contributed by atoms with Crippen LogP contribution in [0.15, 0.2) is 36.1 Å². The average Bonchev–Trinajstić information content (AvgIpc) is 2.17. The fraction of sp³-hybridized carbons (Fsp3) is 0.571. The molecule has 1 atom stereocenters. The minimum absolute atomic E-state index is 0.324. The Bertz CT molecular complexity index is 260. The van der Waals surface area contributed by atoms with E-state index >= 15 is 0 Å². The zero-order chi connectivity index (χ0) is 12.6. The highest BCUT2D eigenvalue weighted by molar-refractivity contribution is 5.22. The van der Waals surface area contributed by atoms with Gasteiger partial charge < -0.3 is 10.0 Å². The molecule has 0 aromatic carbocycles. The van der Waals surface area contributed by atoms with Gasteiger partial charge in [-0.15, -0.1) is 0 Å². The normalized spacial score (nSPS) is 14.7. The van der Waals surface area contributed by atoms with Crippen molar-refractivity contribution in [1.82, 2.24) is 4.90 Å². The van der Waals surface area contributed by atoms with Crippen LogP contribution in [-0.2, 0) is 0 Å². The molecule has 2 heteroatoms. The lowest BCUT2D eigenvalue weighted by molar-refractivity contribution is 0.366. The molecule has 0 saturated carbocycles. The quantitative estimate of drug-likeness (QED) is 0.527.